The second-order valence-corrected chi connectivity index (χ2v) is 6.68. The number of rotatable bonds is 5. The molecule has 0 saturated heterocycles. The van der Waals surface area contributed by atoms with Crippen molar-refractivity contribution in [2.24, 2.45) is 0 Å². The number of aryl methyl sites for hydroxylation is 1. The highest BCUT2D eigenvalue weighted by Gasteiger charge is 2.19. The van der Waals surface area contributed by atoms with Crippen LogP contribution in [0.15, 0.2) is 53.4 Å². The van der Waals surface area contributed by atoms with Crippen LogP contribution in [-0.4, -0.2) is 8.42 Å². The third kappa shape index (κ3) is 3.62. The van der Waals surface area contributed by atoms with Crippen LogP contribution in [0.5, 0.6) is 0 Å². The molecule has 0 aliphatic rings. The van der Waals surface area contributed by atoms with Crippen molar-refractivity contribution in [1.29, 1.82) is 0 Å². The van der Waals surface area contributed by atoms with E-state index in [0.29, 0.717) is 5.69 Å². The van der Waals surface area contributed by atoms with Gasteiger partial charge in [-0.25, -0.2) is 13.1 Å². The number of anilines is 1. The summed E-state index contributed by atoms with van der Waals surface area (Å²) in [6.07, 6.45) is 0.778. The van der Waals surface area contributed by atoms with Crippen LogP contribution in [-0.2, 0) is 16.4 Å². The Morgan fingerprint density at radius 1 is 1.14 bits per heavy atom. The molecular weight excluding hydrogens is 284 g/mol. The Hall–Kier alpha value is -1.85. The van der Waals surface area contributed by atoms with Gasteiger partial charge in [0.15, 0.2) is 0 Å². The fourth-order valence-corrected chi connectivity index (χ4v) is 3.44. The zero-order chi connectivity index (χ0) is 15.5. The maximum Gasteiger partial charge on any atom is 0.241 e. The van der Waals surface area contributed by atoms with Gasteiger partial charge in [0.2, 0.25) is 10.0 Å². The van der Waals surface area contributed by atoms with Crippen molar-refractivity contribution in [3.8, 4) is 0 Å². The Kier molecular flexibility index (Phi) is 4.65. The highest BCUT2D eigenvalue weighted by molar-refractivity contribution is 7.89. The van der Waals surface area contributed by atoms with E-state index in [1.807, 2.05) is 44.2 Å². The van der Waals surface area contributed by atoms with Gasteiger partial charge in [-0.05, 0) is 36.6 Å². The van der Waals surface area contributed by atoms with Crippen LogP contribution in [0.25, 0.3) is 0 Å². The van der Waals surface area contributed by atoms with E-state index in [0.717, 1.165) is 17.5 Å². The van der Waals surface area contributed by atoms with Gasteiger partial charge in [-0.15, -0.1) is 0 Å². The van der Waals surface area contributed by atoms with Crippen molar-refractivity contribution < 1.29 is 8.42 Å². The second-order valence-electron chi connectivity index (χ2n) is 4.97. The Bertz CT molecular complexity index is 712. The molecule has 0 aliphatic carbocycles. The van der Waals surface area contributed by atoms with Gasteiger partial charge in [0.25, 0.3) is 0 Å². The van der Waals surface area contributed by atoms with E-state index in [1.54, 1.807) is 12.1 Å². The van der Waals surface area contributed by atoms with Crippen LogP contribution >= 0.6 is 0 Å². The van der Waals surface area contributed by atoms with E-state index < -0.39 is 10.0 Å². The average molecular weight is 304 g/mol. The standard InChI is InChI=1S/C16H20N2O2S/c1-3-13-9-10-15(11-16(13)17)21(19,20)18-12(2)14-7-5-4-6-8-14/h4-12,18H,3,17H2,1-2H3/t12-/m0/s1. The number of nitrogen functional groups attached to an aromatic ring is 1. The van der Waals surface area contributed by atoms with Crippen molar-refractivity contribution in [3.63, 3.8) is 0 Å². The van der Waals surface area contributed by atoms with Crippen LogP contribution < -0.4 is 10.5 Å². The summed E-state index contributed by atoms with van der Waals surface area (Å²) in [5.41, 5.74) is 8.25. The summed E-state index contributed by atoms with van der Waals surface area (Å²) in [7, 11) is -3.59. The summed E-state index contributed by atoms with van der Waals surface area (Å²) >= 11 is 0. The number of benzene rings is 2. The third-order valence-corrected chi connectivity index (χ3v) is 4.98. The molecule has 0 amide bonds. The Morgan fingerprint density at radius 2 is 1.81 bits per heavy atom. The van der Waals surface area contributed by atoms with Crippen LogP contribution in [0.4, 0.5) is 5.69 Å². The molecule has 5 heteroatoms. The van der Waals surface area contributed by atoms with Crippen molar-refractivity contribution in [1.82, 2.24) is 4.72 Å². The summed E-state index contributed by atoms with van der Waals surface area (Å²) in [5, 5.41) is 0. The average Bonchev–Trinajstić information content (AvgIpc) is 2.47. The first-order valence-corrected chi connectivity index (χ1v) is 8.38. The lowest BCUT2D eigenvalue weighted by Crippen LogP contribution is -2.27. The largest absolute Gasteiger partial charge is 0.398 e. The van der Waals surface area contributed by atoms with Gasteiger partial charge in [-0.3, -0.25) is 0 Å². The lowest BCUT2D eigenvalue weighted by atomic mass is 10.1. The quantitative estimate of drug-likeness (QED) is 0.834. The molecule has 4 nitrogen and oxygen atoms in total. The number of hydrogen-bond donors (Lipinski definition) is 2. The van der Waals surface area contributed by atoms with Crippen molar-refractivity contribution in [2.45, 2.75) is 31.2 Å². The van der Waals surface area contributed by atoms with E-state index in [4.69, 9.17) is 5.73 Å². The summed E-state index contributed by atoms with van der Waals surface area (Å²) < 4.78 is 27.5. The Labute approximate surface area is 126 Å². The highest BCUT2D eigenvalue weighted by atomic mass is 32.2. The van der Waals surface area contributed by atoms with Gasteiger partial charge in [0.1, 0.15) is 0 Å². The summed E-state index contributed by atoms with van der Waals surface area (Å²) in [5.74, 6) is 0. The molecule has 0 spiro atoms. The maximum atomic E-state index is 12.4. The zero-order valence-electron chi connectivity index (χ0n) is 12.2. The topological polar surface area (TPSA) is 72.2 Å². The van der Waals surface area contributed by atoms with Crippen molar-refractivity contribution in [2.75, 3.05) is 5.73 Å². The van der Waals surface area contributed by atoms with Crippen molar-refractivity contribution >= 4 is 15.7 Å². The van der Waals surface area contributed by atoms with E-state index >= 15 is 0 Å². The Balaban J connectivity index is 2.24. The molecule has 0 saturated carbocycles. The summed E-state index contributed by atoms with van der Waals surface area (Å²) in [6, 6.07) is 14.0. The van der Waals surface area contributed by atoms with Gasteiger partial charge < -0.3 is 5.73 Å². The first kappa shape index (κ1) is 15.5. The second kappa shape index (κ2) is 6.28. The van der Waals surface area contributed by atoms with Crippen molar-refractivity contribution in [3.05, 3.63) is 59.7 Å². The molecule has 3 N–H and O–H groups in total. The molecule has 0 aromatic heterocycles. The smallest absolute Gasteiger partial charge is 0.241 e. The maximum absolute atomic E-state index is 12.4. The lowest BCUT2D eigenvalue weighted by molar-refractivity contribution is 0.567. The minimum Gasteiger partial charge on any atom is -0.398 e. The van der Waals surface area contributed by atoms with Gasteiger partial charge in [0.05, 0.1) is 4.90 Å². The molecule has 0 fully saturated rings. The van der Waals surface area contributed by atoms with Crippen LogP contribution in [0.2, 0.25) is 0 Å². The van der Waals surface area contributed by atoms with Gasteiger partial charge in [-0.2, -0.15) is 0 Å². The molecule has 0 radical (unpaired) electrons. The fourth-order valence-electron chi connectivity index (χ4n) is 2.17. The zero-order valence-corrected chi connectivity index (χ0v) is 13.0. The van der Waals surface area contributed by atoms with Crippen LogP contribution in [0.3, 0.4) is 0 Å². The van der Waals surface area contributed by atoms with Gasteiger partial charge in [-0.1, -0.05) is 43.3 Å². The SMILES string of the molecule is CCc1ccc(S(=O)(=O)N[C@@H](C)c2ccccc2)cc1N. The molecule has 21 heavy (non-hydrogen) atoms. The van der Waals surface area contributed by atoms with Crippen LogP contribution in [0.1, 0.15) is 31.0 Å². The van der Waals surface area contributed by atoms with E-state index in [2.05, 4.69) is 4.72 Å². The molecule has 0 unspecified atom stereocenters. The predicted octanol–water partition coefficient (Wildman–Crippen LogP) is 2.87. The number of nitrogens with one attached hydrogen (secondary N) is 1. The predicted molar refractivity (Wildman–Crippen MR) is 85.4 cm³/mol. The van der Waals surface area contributed by atoms with Gasteiger partial charge in [0, 0.05) is 11.7 Å². The van der Waals surface area contributed by atoms with Crippen LogP contribution in [0, 0.1) is 0 Å². The minimum absolute atomic E-state index is 0.194. The lowest BCUT2D eigenvalue weighted by Gasteiger charge is -2.15. The van der Waals surface area contributed by atoms with E-state index in [1.165, 1.54) is 6.07 Å². The molecule has 2 aromatic rings. The molecule has 112 valence electrons. The van der Waals surface area contributed by atoms with E-state index in [-0.39, 0.29) is 10.9 Å². The fraction of sp³-hybridized carbons (Fsp3) is 0.250. The highest BCUT2D eigenvalue weighted by Crippen LogP contribution is 2.21. The van der Waals surface area contributed by atoms with Gasteiger partial charge >= 0.3 is 0 Å². The number of nitrogens with two attached hydrogens (primary N) is 1. The Morgan fingerprint density at radius 3 is 2.38 bits per heavy atom. The first-order valence-electron chi connectivity index (χ1n) is 6.89. The van der Waals surface area contributed by atoms with E-state index in [9.17, 15) is 8.42 Å². The molecule has 1 atom stereocenters. The number of sulfonamides is 1. The number of hydrogen-bond acceptors (Lipinski definition) is 3. The normalized spacial score (nSPS) is 13.0. The molecule has 2 aromatic carbocycles. The molecule has 2 rings (SSSR count). The molecule has 0 aliphatic heterocycles. The monoisotopic (exact) mass is 304 g/mol. The third-order valence-electron chi connectivity index (χ3n) is 3.44. The molecular formula is C16H20N2O2S. The first-order chi connectivity index (χ1) is 9.94. The summed E-state index contributed by atoms with van der Waals surface area (Å²) in [4.78, 5) is 0.194. The molecule has 0 heterocycles. The summed E-state index contributed by atoms with van der Waals surface area (Å²) in [6.45, 7) is 3.80. The molecule has 0 bridgehead atoms. The minimum atomic E-state index is -3.59.